The zero-order valence-electron chi connectivity index (χ0n) is 19.4. The first-order chi connectivity index (χ1) is 16.4. The predicted molar refractivity (Wildman–Crippen MR) is 124 cm³/mol. The molecular weight excluding hydrogens is 438 g/mol. The molecular formula is C26H31NO7. The van der Waals surface area contributed by atoms with Crippen molar-refractivity contribution in [3.05, 3.63) is 71.8 Å². The first-order valence-corrected chi connectivity index (χ1v) is 11.4. The maximum atomic E-state index is 12.7. The summed E-state index contributed by atoms with van der Waals surface area (Å²) in [6.07, 6.45) is -1.45. The van der Waals surface area contributed by atoms with Crippen LogP contribution < -0.4 is 5.73 Å². The van der Waals surface area contributed by atoms with E-state index in [1.165, 1.54) is 0 Å². The van der Waals surface area contributed by atoms with Crippen LogP contribution in [-0.2, 0) is 23.7 Å². The van der Waals surface area contributed by atoms with Crippen LogP contribution in [-0.4, -0.2) is 49.6 Å². The Morgan fingerprint density at radius 3 is 2.06 bits per heavy atom. The number of carbonyl (C=O) groups excluding carboxylic acids is 3. The van der Waals surface area contributed by atoms with Crippen molar-refractivity contribution < 1.29 is 33.3 Å². The molecule has 3 rings (SSSR count). The number of carbonyl (C=O) groups is 3. The van der Waals surface area contributed by atoms with E-state index in [1.54, 1.807) is 48.5 Å². The molecule has 2 aromatic carbocycles. The van der Waals surface area contributed by atoms with Gasteiger partial charge in [-0.15, -0.1) is 0 Å². The highest BCUT2D eigenvalue weighted by Crippen LogP contribution is 2.34. The molecule has 0 saturated carbocycles. The molecule has 0 bridgehead atoms. The van der Waals surface area contributed by atoms with Crippen LogP contribution in [0, 0.1) is 11.8 Å². The van der Waals surface area contributed by atoms with Gasteiger partial charge in [-0.05, 0) is 36.6 Å². The summed E-state index contributed by atoms with van der Waals surface area (Å²) in [6.45, 7) is 4.13. The summed E-state index contributed by atoms with van der Waals surface area (Å²) < 4.78 is 23.3. The van der Waals surface area contributed by atoms with Crippen molar-refractivity contribution in [2.75, 3.05) is 13.2 Å². The number of esters is 2. The first kappa shape index (κ1) is 25.4. The second-order valence-corrected chi connectivity index (χ2v) is 8.40. The number of hydrogen-bond donors (Lipinski definition) is 1. The zero-order chi connectivity index (χ0) is 24.5. The molecule has 182 valence electrons. The van der Waals surface area contributed by atoms with Gasteiger partial charge in [-0.2, -0.15) is 0 Å². The van der Waals surface area contributed by atoms with Crippen LogP contribution in [0.1, 0.15) is 47.4 Å². The maximum Gasteiger partial charge on any atom is 0.338 e. The predicted octanol–water partition coefficient (Wildman–Crippen LogP) is 3.35. The molecule has 2 N–H and O–H groups in total. The minimum Gasteiger partial charge on any atom is -0.459 e. The molecule has 8 heteroatoms. The Hall–Kier alpha value is -3.23. The van der Waals surface area contributed by atoms with E-state index in [-0.39, 0.29) is 31.5 Å². The van der Waals surface area contributed by atoms with Gasteiger partial charge in [0.15, 0.2) is 12.4 Å². The summed E-state index contributed by atoms with van der Waals surface area (Å²) in [5.74, 6) is -1.59. The molecule has 1 heterocycles. The molecule has 1 amide bonds. The monoisotopic (exact) mass is 469 g/mol. The highest BCUT2D eigenvalue weighted by Gasteiger charge is 2.45. The van der Waals surface area contributed by atoms with Crippen molar-refractivity contribution in [3.63, 3.8) is 0 Å². The van der Waals surface area contributed by atoms with Crippen LogP contribution in [0.2, 0.25) is 0 Å². The molecule has 5 atom stereocenters. The van der Waals surface area contributed by atoms with Gasteiger partial charge in [0.1, 0.15) is 6.61 Å². The van der Waals surface area contributed by atoms with Gasteiger partial charge in [0.05, 0.1) is 23.8 Å². The van der Waals surface area contributed by atoms with Gasteiger partial charge in [-0.3, -0.25) is 4.79 Å². The average Bonchev–Trinajstić information content (AvgIpc) is 2.85. The third-order valence-electron chi connectivity index (χ3n) is 6.00. The molecule has 8 nitrogen and oxygen atoms in total. The van der Waals surface area contributed by atoms with Gasteiger partial charge in [0, 0.05) is 12.3 Å². The lowest BCUT2D eigenvalue weighted by molar-refractivity contribution is -0.274. The maximum absolute atomic E-state index is 12.7. The van der Waals surface area contributed by atoms with E-state index >= 15 is 0 Å². The molecule has 34 heavy (non-hydrogen) atoms. The van der Waals surface area contributed by atoms with E-state index in [0.717, 1.165) is 0 Å². The normalized spacial score (nSPS) is 24.2. The number of rotatable bonds is 10. The van der Waals surface area contributed by atoms with E-state index in [4.69, 9.17) is 24.7 Å². The lowest BCUT2D eigenvalue weighted by Crippen LogP contribution is -2.53. The molecule has 2 unspecified atom stereocenters. The van der Waals surface area contributed by atoms with Crippen molar-refractivity contribution in [2.24, 2.45) is 17.6 Å². The van der Waals surface area contributed by atoms with E-state index in [0.29, 0.717) is 17.5 Å². The van der Waals surface area contributed by atoms with Crippen LogP contribution >= 0.6 is 0 Å². The number of primary amides is 1. The summed E-state index contributed by atoms with van der Waals surface area (Å²) >= 11 is 0. The van der Waals surface area contributed by atoms with Gasteiger partial charge >= 0.3 is 11.9 Å². The molecule has 0 spiro atoms. The Labute approximate surface area is 199 Å². The summed E-state index contributed by atoms with van der Waals surface area (Å²) in [7, 11) is 0. The summed E-state index contributed by atoms with van der Waals surface area (Å²) in [5.41, 5.74) is 6.08. The number of nitrogens with two attached hydrogens (primary N) is 1. The number of hydrogen-bond acceptors (Lipinski definition) is 7. The fraction of sp³-hybridized carbons (Fsp3) is 0.423. The second kappa shape index (κ2) is 12.3. The molecule has 0 radical (unpaired) electrons. The minimum absolute atomic E-state index is 0.0275. The Kier molecular flexibility index (Phi) is 9.18. The van der Waals surface area contributed by atoms with E-state index in [2.05, 4.69) is 0 Å². The fourth-order valence-electron chi connectivity index (χ4n) is 3.77. The molecule has 1 aliphatic heterocycles. The van der Waals surface area contributed by atoms with Crippen molar-refractivity contribution in [1.82, 2.24) is 0 Å². The van der Waals surface area contributed by atoms with Gasteiger partial charge in [0.25, 0.3) is 0 Å². The Bertz CT molecular complexity index is 948. The standard InChI is InChI=1S/C26H31NO7/c1-17-18(2)23(34-25(30)20-12-7-4-8-13-20)26(31-15-9-14-22(27)28)33-21(17)16-32-24(29)19-10-5-3-6-11-19/h3-8,10-13,17-18,21,23,26H,9,14-16H2,1-2H3,(H2,27,28)/t17-,18-,21?,23?,26+/m0/s1. The fourth-order valence-corrected chi connectivity index (χ4v) is 3.77. The van der Waals surface area contributed by atoms with E-state index < -0.39 is 36.3 Å². The van der Waals surface area contributed by atoms with Crippen LogP contribution in [0.3, 0.4) is 0 Å². The van der Waals surface area contributed by atoms with Gasteiger partial charge in [0.2, 0.25) is 5.91 Å². The second-order valence-electron chi connectivity index (χ2n) is 8.40. The summed E-state index contributed by atoms with van der Waals surface area (Å²) in [6, 6.07) is 17.4. The Balaban J connectivity index is 1.68. The SMILES string of the molecule is C[C@@H]1C(COC(=O)c2ccccc2)O[C@@H](OCCCC(N)=O)C(OC(=O)c2ccccc2)[C@H]1C. The van der Waals surface area contributed by atoms with Crippen molar-refractivity contribution in [2.45, 2.75) is 45.2 Å². The average molecular weight is 470 g/mol. The summed E-state index contributed by atoms with van der Waals surface area (Å²) in [5, 5.41) is 0. The van der Waals surface area contributed by atoms with E-state index in [1.807, 2.05) is 26.0 Å². The smallest absolute Gasteiger partial charge is 0.338 e. The number of ether oxygens (including phenoxy) is 4. The van der Waals surface area contributed by atoms with Gasteiger partial charge < -0.3 is 24.7 Å². The van der Waals surface area contributed by atoms with Crippen LogP contribution in [0.4, 0.5) is 0 Å². The zero-order valence-corrected chi connectivity index (χ0v) is 19.4. The van der Waals surface area contributed by atoms with Crippen LogP contribution in [0.25, 0.3) is 0 Å². The topological polar surface area (TPSA) is 114 Å². The van der Waals surface area contributed by atoms with Crippen molar-refractivity contribution >= 4 is 17.8 Å². The number of amides is 1. The molecule has 1 fully saturated rings. The van der Waals surface area contributed by atoms with E-state index in [9.17, 15) is 14.4 Å². The van der Waals surface area contributed by atoms with Crippen LogP contribution in [0.5, 0.6) is 0 Å². The Morgan fingerprint density at radius 2 is 1.47 bits per heavy atom. The van der Waals surface area contributed by atoms with Crippen molar-refractivity contribution in [1.29, 1.82) is 0 Å². The highest BCUT2D eigenvalue weighted by molar-refractivity contribution is 5.89. The van der Waals surface area contributed by atoms with Gasteiger partial charge in [-0.1, -0.05) is 50.2 Å². The lowest BCUT2D eigenvalue weighted by Gasteiger charge is -2.43. The lowest BCUT2D eigenvalue weighted by atomic mass is 9.83. The molecule has 0 aliphatic carbocycles. The quantitative estimate of drug-likeness (QED) is 0.419. The third kappa shape index (κ3) is 6.88. The molecule has 1 aliphatic rings. The van der Waals surface area contributed by atoms with Crippen LogP contribution in [0.15, 0.2) is 60.7 Å². The molecule has 1 saturated heterocycles. The highest BCUT2D eigenvalue weighted by atomic mass is 16.7. The third-order valence-corrected chi connectivity index (χ3v) is 6.00. The molecule has 0 aromatic heterocycles. The minimum atomic E-state index is -0.882. The largest absolute Gasteiger partial charge is 0.459 e. The molecule has 2 aromatic rings. The first-order valence-electron chi connectivity index (χ1n) is 11.4. The van der Waals surface area contributed by atoms with Gasteiger partial charge in [-0.25, -0.2) is 9.59 Å². The van der Waals surface area contributed by atoms with Crippen molar-refractivity contribution in [3.8, 4) is 0 Å². The Morgan fingerprint density at radius 1 is 0.882 bits per heavy atom. The summed E-state index contributed by atoms with van der Waals surface area (Å²) in [4.78, 5) is 36.1. The number of benzene rings is 2.